The van der Waals surface area contributed by atoms with E-state index >= 15 is 0 Å². The van der Waals surface area contributed by atoms with Gasteiger partial charge in [-0.3, -0.25) is 25.1 Å². The summed E-state index contributed by atoms with van der Waals surface area (Å²) in [6, 6.07) is 19.8. The molecule has 21 heteroatoms. The summed E-state index contributed by atoms with van der Waals surface area (Å²) in [5.74, 6) is 1.87. The second-order valence-corrected chi connectivity index (χ2v) is 25.4. The predicted molar refractivity (Wildman–Crippen MR) is 292 cm³/mol. The number of fused-ring (bicyclic) bond motifs is 1. The van der Waals surface area contributed by atoms with Crippen LogP contribution in [0.15, 0.2) is 79.0 Å². The first kappa shape index (κ1) is 61.0. The summed E-state index contributed by atoms with van der Waals surface area (Å²) in [5, 5.41) is 44.9. The molecule has 2 aliphatic heterocycles. The number of nitrogens with two attached hydrogens (primary N) is 1. The smallest absolute Gasteiger partial charge is 0.269 e. The number of aliphatic hydroxyl groups excluding tert-OH is 2. The molecule has 2 aliphatic rings. The van der Waals surface area contributed by atoms with E-state index in [2.05, 4.69) is 73.2 Å². The molecule has 0 unspecified atom stereocenters. The summed E-state index contributed by atoms with van der Waals surface area (Å²) < 4.78 is 49.4. The van der Waals surface area contributed by atoms with Crippen molar-refractivity contribution in [3.8, 4) is 17.2 Å². The van der Waals surface area contributed by atoms with Gasteiger partial charge in [-0.15, -0.1) is 0 Å². The molecule has 5 aromatic rings. The monoisotopic (exact) mass is 1060 g/mol. The second-order valence-electron chi connectivity index (χ2n) is 20.6. The van der Waals surface area contributed by atoms with Crippen LogP contribution in [0.25, 0.3) is 0 Å². The molecule has 0 bridgehead atoms. The van der Waals surface area contributed by atoms with Crippen LogP contribution in [0.4, 0.5) is 43.3 Å². The van der Waals surface area contributed by atoms with E-state index in [0.29, 0.717) is 48.9 Å². The van der Waals surface area contributed by atoms with E-state index in [1.165, 1.54) is 44.2 Å². The Balaban J connectivity index is 0.000000238. The molecule has 2 atom stereocenters. The van der Waals surface area contributed by atoms with Crippen molar-refractivity contribution < 1.29 is 47.5 Å². The van der Waals surface area contributed by atoms with Crippen LogP contribution in [0.3, 0.4) is 0 Å². The molecule has 0 saturated carbocycles. The quantitative estimate of drug-likeness (QED) is 0.0191. The zero-order valence-corrected chi connectivity index (χ0v) is 46.2. The van der Waals surface area contributed by atoms with E-state index in [-0.39, 0.29) is 53.6 Å². The van der Waals surface area contributed by atoms with E-state index in [0.717, 1.165) is 65.3 Å². The molecule has 6 N–H and O–H groups in total. The van der Waals surface area contributed by atoms with Gasteiger partial charge in [0.15, 0.2) is 20.0 Å². The molecule has 2 saturated heterocycles. The third-order valence-electron chi connectivity index (χ3n) is 13.2. The maximum atomic E-state index is 14.5. The average molecular weight is 1060 g/mol. The molecule has 0 spiro atoms. The third kappa shape index (κ3) is 18.7. The molecule has 0 amide bonds. The van der Waals surface area contributed by atoms with Gasteiger partial charge in [0.2, 0.25) is 5.95 Å². The highest BCUT2D eigenvalue weighted by Crippen LogP contribution is 2.39. The number of piperidine rings is 1. The topological polar surface area (TPSA) is 243 Å². The van der Waals surface area contributed by atoms with Crippen LogP contribution >= 0.6 is 0 Å². The zero-order valence-electron chi connectivity index (χ0n) is 45.2. The summed E-state index contributed by atoms with van der Waals surface area (Å²) in [5.41, 5.74) is 10.1. The van der Waals surface area contributed by atoms with Gasteiger partial charge in [0, 0.05) is 53.3 Å². The summed E-state index contributed by atoms with van der Waals surface area (Å²) >= 11 is 0. The van der Waals surface area contributed by atoms with Crippen molar-refractivity contribution in [3.05, 3.63) is 133 Å². The maximum absolute atomic E-state index is 14.5. The molecule has 2 fully saturated rings. The van der Waals surface area contributed by atoms with Crippen molar-refractivity contribution in [1.82, 2.24) is 14.9 Å². The number of anilines is 4. The maximum Gasteiger partial charge on any atom is 0.269 e. The van der Waals surface area contributed by atoms with E-state index < -0.39 is 29.8 Å². The number of nitrogens with zero attached hydrogens (tertiary/aromatic N) is 5. The fraction of sp³-hybridized carbons (Fsp3) is 0.481. The lowest BCUT2D eigenvalue weighted by Crippen LogP contribution is -2.55. The lowest BCUT2D eigenvalue weighted by molar-refractivity contribution is -0.385. The Morgan fingerprint density at radius 1 is 0.787 bits per heavy atom. The predicted octanol–water partition coefficient (Wildman–Crippen LogP) is 11.2. The first-order valence-corrected chi connectivity index (χ1v) is 27.8. The molecule has 75 heavy (non-hydrogen) atoms. The molecule has 0 radical (unpaired) electrons. The molecular formula is C54H76F2N8O10Si. The van der Waals surface area contributed by atoms with Crippen molar-refractivity contribution >= 4 is 42.8 Å². The van der Waals surface area contributed by atoms with E-state index in [9.17, 15) is 29.0 Å². The van der Waals surface area contributed by atoms with Crippen molar-refractivity contribution in [2.45, 2.75) is 124 Å². The molecule has 1 aromatic heterocycles. The number of ether oxygens (including phenoxy) is 3. The van der Waals surface area contributed by atoms with Gasteiger partial charge in [0.25, 0.3) is 11.4 Å². The Kier molecular flexibility index (Phi) is 22.7. The van der Waals surface area contributed by atoms with Gasteiger partial charge in [-0.2, -0.15) is 4.98 Å². The minimum Gasteiger partial charge on any atom is -0.491 e. The molecule has 3 heterocycles. The van der Waals surface area contributed by atoms with E-state index in [4.69, 9.17) is 34.6 Å². The number of nitrogens with one attached hydrogen (secondary N) is 2. The van der Waals surface area contributed by atoms with Crippen LogP contribution in [0.5, 0.6) is 17.2 Å². The lowest BCUT2D eigenvalue weighted by Gasteiger charge is -2.47. The van der Waals surface area contributed by atoms with E-state index in [1.807, 2.05) is 38.1 Å². The van der Waals surface area contributed by atoms with Crippen LogP contribution < -0.4 is 30.6 Å². The minimum absolute atomic E-state index is 0.0316. The fourth-order valence-corrected chi connectivity index (χ4v) is 9.35. The van der Waals surface area contributed by atoms with Crippen LogP contribution in [-0.2, 0) is 4.43 Å². The number of hydrogen-bond donors (Lipinski definition) is 5. The molecule has 18 nitrogen and oxygen atoms in total. The molecule has 4 aromatic carbocycles. The third-order valence-corrected chi connectivity index (χ3v) is 17.7. The summed E-state index contributed by atoms with van der Waals surface area (Å²) in [6.45, 7) is 25.4. The molecule has 7 rings (SSSR count). The number of aryl methyl sites for hydroxylation is 4. The molecule has 410 valence electrons. The number of nitro groups is 2. The first-order chi connectivity index (χ1) is 35.2. The highest BCUT2D eigenvalue weighted by molar-refractivity contribution is 6.74. The Hall–Kier alpha value is -6.52. The number of nitro benzene ring substituents is 2. The fourth-order valence-electron chi connectivity index (χ4n) is 8.32. The normalized spacial score (nSPS) is 15.8. The van der Waals surface area contributed by atoms with Crippen molar-refractivity contribution in [3.63, 3.8) is 0 Å². The number of rotatable bonds is 17. The molecular weight excluding hydrogens is 987 g/mol. The largest absolute Gasteiger partial charge is 0.491 e. The number of nitrogen functional groups attached to an aromatic ring is 1. The number of hydrogen-bond acceptors (Lipinski definition) is 16. The van der Waals surface area contributed by atoms with Crippen molar-refractivity contribution in [2.24, 2.45) is 0 Å². The van der Waals surface area contributed by atoms with Gasteiger partial charge >= 0.3 is 0 Å². The van der Waals surface area contributed by atoms with Gasteiger partial charge in [-0.25, -0.2) is 13.8 Å². The number of aromatic nitrogens is 2. The van der Waals surface area contributed by atoms with Gasteiger partial charge < -0.3 is 45.2 Å². The van der Waals surface area contributed by atoms with Gasteiger partial charge in [-0.1, -0.05) is 20.8 Å². The van der Waals surface area contributed by atoms with Gasteiger partial charge in [0.05, 0.1) is 35.9 Å². The summed E-state index contributed by atoms with van der Waals surface area (Å²) in [4.78, 5) is 31.0. The molecule has 0 aliphatic carbocycles. The van der Waals surface area contributed by atoms with Crippen molar-refractivity contribution in [1.29, 1.82) is 0 Å². The van der Waals surface area contributed by atoms with Crippen LogP contribution in [-0.4, -0.2) is 107 Å². The SMILES string of the molecule is Cc1cc(N)ccc1OCCO.Cc1cc(Nc2ncc(F)c(N[C@@H]3C[C@@H]4CCCN4C(C)(C)C3)n2)ccc1OCCO.Cc1cc([N+](=O)[O-])ccc1F.Cc1cc([N+](=O)[O-])ccc1OCCO[Si](C)(C)C(C)(C)C. The number of non-ortho nitro benzene ring substituents is 2. The van der Waals surface area contributed by atoms with Gasteiger partial charge in [-0.05, 0) is 163 Å². The minimum atomic E-state index is -1.75. The zero-order chi connectivity index (χ0) is 55.7. The second kappa shape index (κ2) is 27.8. The van der Waals surface area contributed by atoms with Gasteiger partial charge in [0.1, 0.15) is 42.9 Å². The van der Waals surface area contributed by atoms with Crippen LogP contribution in [0, 0.1) is 59.6 Å². The Morgan fingerprint density at radius 3 is 1.88 bits per heavy atom. The Bertz CT molecular complexity index is 2670. The highest BCUT2D eigenvalue weighted by atomic mass is 28.4. The van der Waals surface area contributed by atoms with Crippen LogP contribution in [0.2, 0.25) is 18.1 Å². The Labute approximate surface area is 440 Å². The Morgan fingerprint density at radius 2 is 1.33 bits per heavy atom. The number of benzene rings is 4. The number of aliphatic hydroxyl groups is 2. The van der Waals surface area contributed by atoms with Crippen molar-refractivity contribution in [2.75, 3.05) is 62.6 Å². The first-order valence-electron chi connectivity index (χ1n) is 24.9. The lowest BCUT2D eigenvalue weighted by atomic mass is 9.84. The highest BCUT2D eigenvalue weighted by Gasteiger charge is 2.43. The standard InChI is InChI=1S/C23H32FN5O2.C15H25NO4Si.C9H13NO2.C7H6FNO2/c1-15-11-16(6-7-20(15)31-10-9-30)27-22-25-14-19(24)21(28-22)26-17-12-18-5-4-8-29(18)23(2,3)13-17;1-12-11-13(16(17)18)7-8-14(12)19-9-10-20-21(5,6)15(2,3)4;1-7-6-8(10)2-3-9(7)12-5-4-11;1-5-4-6(9(10)11)2-3-7(5)8/h6-7,11,14,17-18,30H,4-5,8-10,12-13H2,1-3H3,(H2,25,26,27,28);7-8,11H,9-10H2,1-6H3;2-3,6,11H,4-5,10H2,1H3;2-4H,1H3/t17-,18+;;;/m1.../s1. The number of halogens is 2. The van der Waals surface area contributed by atoms with E-state index in [1.54, 1.807) is 25.1 Å². The summed E-state index contributed by atoms with van der Waals surface area (Å²) in [6.07, 6.45) is 5.60. The summed E-state index contributed by atoms with van der Waals surface area (Å²) in [7, 11) is -1.75. The van der Waals surface area contributed by atoms with Crippen LogP contribution in [0.1, 0.15) is 82.6 Å². The average Bonchev–Trinajstić information content (AvgIpc) is 3.82.